The van der Waals surface area contributed by atoms with Gasteiger partial charge in [0.25, 0.3) is 11.8 Å². The van der Waals surface area contributed by atoms with E-state index in [0.29, 0.717) is 22.7 Å². The average Bonchev–Trinajstić information content (AvgIpc) is 3.05. The number of fused-ring (bicyclic) bond motifs is 1. The molecule has 0 aliphatic carbocycles. The molecule has 6 nitrogen and oxygen atoms in total. The molecule has 1 heterocycles. The number of hydrogen-bond acceptors (Lipinski definition) is 4. The summed E-state index contributed by atoms with van der Waals surface area (Å²) in [5.41, 5.74) is 1.54. The van der Waals surface area contributed by atoms with Crippen LogP contribution in [0.4, 0.5) is 0 Å². The lowest BCUT2D eigenvalue weighted by atomic mass is 10.0. The van der Waals surface area contributed by atoms with E-state index >= 15 is 0 Å². The second-order valence-corrected chi connectivity index (χ2v) is 7.02. The summed E-state index contributed by atoms with van der Waals surface area (Å²) in [7, 11) is 0. The Kier molecular flexibility index (Phi) is 6.32. The highest BCUT2D eigenvalue weighted by Crippen LogP contribution is 2.31. The van der Waals surface area contributed by atoms with E-state index in [9.17, 15) is 14.9 Å². The third-order valence-electron chi connectivity index (χ3n) is 4.18. The quantitative estimate of drug-likeness (QED) is 0.572. The van der Waals surface area contributed by atoms with Crippen molar-refractivity contribution in [2.45, 2.75) is 13.3 Å². The van der Waals surface area contributed by atoms with Crippen LogP contribution in [-0.2, 0) is 4.79 Å². The first kappa shape index (κ1) is 20.6. The molecule has 1 aliphatic rings. The molecule has 2 aromatic rings. The van der Waals surface area contributed by atoms with Crippen LogP contribution in [-0.4, -0.2) is 24.2 Å². The van der Waals surface area contributed by atoms with Gasteiger partial charge < -0.3 is 10.6 Å². The maximum absolute atomic E-state index is 12.7. The fourth-order valence-electron chi connectivity index (χ4n) is 2.80. The Morgan fingerprint density at radius 2 is 1.86 bits per heavy atom. The number of nitriles is 1. The van der Waals surface area contributed by atoms with E-state index in [1.807, 2.05) is 13.0 Å². The SMILES string of the molecule is CCCNC(=O)C(C#N)=C1N=C(NC(=O)c2ccc(Cl)cc2Cl)c2ccccc21. The molecule has 0 atom stereocenters. The van der Waals surface area contributed by atoms with Gasteiger partial charge in [-0.2, -0.15) is 5.26 Å². The molecule has 0 aromatic heterocycles. The molecule has 1 aliphatic heterocycles. The van der Waals surface area contributed by atoms with Crippen molar-refractivity contribution in [1.29, 1.82) is 5.26 Å². The second-order valence-electron chi connectivity index (χ2n) is 6.18. The van der Waals surface area contributed by atoms with E-state index in [0.717, 1.165) is 6.42 Å². The van der Waals surface area contributed by atoms with Crippen LogP contribution in [0.1, 0.15) is 34.8 Å². The van der Waals surface area contributed by atoms with Crippen LogP contribution in [0.15, 0.2) is 53.0 Å². The Morgan fingerprint density at radius 1 is 1.14 bits per heavy atom. The molecule has 3 rings (SSSR count). The highest BCUT2D eigenvalue weighted by atomic mass is 35.5. The van der Waals surface area contributed by atoms with E-state index < -0.39 is 11.8 Å². The first-order valence-electron chi connectivity index (χ1n) is 8.83. The molecular weight excluding hydrogens is 411 g/mol. The summed E-state index contributed by atoms with van der Waals surface area (Å²) in [6.07, 6.45) is 0.739. The average molecular weight is 427 g/mol. The lowest BCUT2D eigenvalue weighted by molar-refractivity contribution is -0.117. The zero-order chi connectivity index (χ0) is 21.0. The Hall–Kier alpha value is -3.14. The molecule has 0 saturated heterocycles. The Morgan fingerprint density at radius 3 is 2.52 bits per heavy atom. The molecule has 0 saturated carbocycles. The molecule has 2 aromatic carbocycles. The van der Waals surface area contributed by atoms with Crippen LogP contribution >= 0.6 is 23.2 Å². The predicted molar refractivity (Wildman–Crippen MR) is 113 cm³/mol. The standard InChI is InChI=1S/C21H16Cl2N4O2/c1-2-9-25-20(28)16(11-24)18-13-5-3-4-6-14(13)19(26-18)27-21(29)15-8-7-12(22)10-17(15)23/h3-8,10H,2,9H2,1H3,(H,25,28)(H,26,27,29). The summed E-state index contributed by atoms with van der Waals surface area (Å²) in [6, 6.07) is 13.5. The van der Waals surface area contributed by atoms with Gasteiger partial charge in [0, 0.05) is 22.7 Å². The summed E-state index contributed by atoms with van der Waals surface area (Å²) in [4.78, 5) is 29.4. The number of halogens is 2. The second kappa shape index (κ2) is 8.91. The minimum atomic E-state index is -0.503. The lowest BCUT2D eigenvalue weighted by Crippen LogP contribution is -2.30. The molecule has 2 amide bonds. The molecule has 0 bridgehead atoms. The van der Waals surface area contributed by atoms with E-state index in [1.165, 1.54) is 12.1 Å². The largest absolute Gasteiger partial charge is 0.351 e. The van der Waals surface area contributed by atoms with E-state index in [4.69, 9.17) is 23.2 Å². The van der Waals surface area contributed by atoms with Gasteiger partial charge >= 0.3 is 0 Å². The fraction of sp³-hybridized carbons (Fsp3) is 0.143. The van der Waals surface area contributed by atoms with Crippen molar-refractivity contribution >= 4 is 46.5 Å². The maximum Gasteiger partial charge on any atom is 0.264 e. The summed E-state index contributed by atoms with van der Waals surface area (Å²) in [5, 5.41) is 15.5. The third kappa shape index (κ3) is 4.32. The highest BCUT2D eigenvalue weighted by molar-refractivity contribution is 6.37. The number of carbonyl (C=O) groups excluding carboxylic acids is 2. The first-order chi connectivity index (χ1) is 14.0. The number of nitrogens with zero attached hydrogens (tertiary/aromatic N) is 2. The minimum absolute atomic E-state index is 0.111. The van der Waals surface area contributed by atoms with Crippen molar-refractivity contribution in [1.82, 2.24) is 10.6 Å². The summed E-state index contributed by atoms with van der Waals surface area (Å²) in [6.45, 7) is 2.36. The van der Waals surface area contributed by atoms with Gasteiger partial charge in [-0.25, -0.2) is 4.99 Å². The monoisotopic (exact) mass is 426 g/mol. The van der Waals surface area contributed by atoms with E-state index in [1.54, 1.807) is 30.3 Å². The van der Waals surface area contributed by atoms with Gasteiger partial charge in [0.05, 0.1) is 16.3 Å². The number of rotatable bonds is 4. The smallest absolute Gasteiger partial charge is 0.264 e. The number of hydrogen-bond donors (Lipinski definition) is 2. The molecule has 0 radical (unpaired) electrons. The predicted octanol–water partition coefficient (Wildman–Crippen LogP) is 3.94. The van der Waals surface area contributed by atoms with Crippen molar-refractivity contribution < 1.29 is 9.59 Å². The van der Waals surface area contributed by atoms with Gasteiger partial charge in [-0.05, 0) is 24.6 Å². The highest BCUT2D eigenvalue weighted by Gasteiger charge is 2.27. The number of carbonyl (C=O) groups is 2. The molecule has 0 unspecified atom stereocenters. The minimum Gasteiger partial charge on any atom is -0.351 e. The lowest BCUT2D eigenvalue weighted by Gasteiger charge is -2.07. The summed E-state index contributed by atoms with van der Waals surface area (Å²) < 4.78 is 0. The number of nitrogens with one attached hydrogen (secondary N) is 2. The van der Waals surface area contributed by atoms with Crippen molar-refractivity contribution in [3.63, 3.8) is 0 Å². The van der Waals surface area contributed by atoms with Gasteiger partial charge in [0.2, 0.25) is 0 Å². The number of amides is 2. The van der Waals surface area contributed by atoms with Crippen LogP contribution in [0.2, 0.25) is 10.0 Å². The zero-order valence-corrected chi connectivity index (χ0v) is 16.9. The summed E-state index contributed by atoms with van der Waals surface area (Å²) >= 11 is 12.0. The van der Waals surface area contributed by atoms with Crippen LogP contribution in [0, 0.1) is 11.3 Å². The van der Waals surface area contributed by atoms with Crippen LogP contribution in [0.5, 0.6) is 0 Å². The Balaban J connectivity index is 2.00. The topological polar surface area (TPSA) is 94.3 Å². The van der Waals surface area contributed by atoms with Gasteiger partial charge in [0.1, 0.15) is 17.5 Å². The van der Waals surface area contributed by atoms with E-state index in [-0.39, 0.29) is 27.7 Å². The molecule has 2 N–H and O–H groups in total. The maximum atomic E-state index is 12.7. The number of aliphatic imine (C=N–C) groups is 1. The Bertz CT molecular complexity index is 1100. The van der Waals surface area contributed by atoms with Gasteiger partial charge in [0.15, 0.2) is 0 Å². The molecule has 8 heteroatoms. The van der Waals surface area contributed by atoms with Crippen molar-refractivity contribution in [3.05, 3.63) is 74.8 Å². The van der Waals surface area contributed by atoms with Crippen molar-refractivity contribution in [2.75, 3.05) is 6.54 Å². The summed E-state index contributed by atoms with van der Waals surface area (Å²) in [5.74, 6) is -0.741. The van der Waals surface area contributed by atoms with E-state index in [2.05, 4.69) is 15.6 Å². The van der Waals surface area contributed by atoms with Gasteiger partial charge in [-0.1, -0.05) is 54.4 Å². The first-order valence-corrected chi connectivity index (χ1v) is 9.59. The molecular formula is C21H16Cl2N4O2. The third-order valence-corrected chi connectivity index (χ3v) is 4.73. The zero-order valence-electron chi connectivity index (χ0n) is 15.4. The number of benzene rings is 2. The normalized spacial score (nSPS) is 13.8. The van der Waals surface area contributed by atoms with Crippen LogP contribution in [0.3, 0.4) is 0 Å². The van der Waals surface area contributed by atoms with Gasteiger partial charge in [-0.3, -0.25) is 9.59 Å². The molecule has 29 heavy (non-hydrogen) atoms. The van der Waals surface area contributed by atoms with Crippen molar-refractivity contribution in [3.8, 4) is 6.07 Å². The van der Waals surface area contributed by atoms with Crippen LogP contribution < -0.4 is 10.6 Å². The number of amidine groups is 1. The molecule has 0 spiro atoms. The molecule has 146 valence electrons. The molecule has 0 fully saturated rings. The fourth-order valence-corrected chi connectivity index (χ4v) is 3.30. The van der Waals surface area contributed by atoms with Crippen LogP contribution in [0.25, 0.3) is 5.70 Å². The Labute approximate surface area is 177 Å². The van der Waals surface area contributed by atoms with Gasteiger partial charge in [-0.15, -0.1) is 0 Å². The van der Waals surface area contributed by atoms with Crippen molar-refractivity contribution in [2.24, 2.45) is 4.99 Å².